The Labute approximate surface area is 176 Å². The van der Waals surface area contributed by atoms with Crippen LogP contribution in [0.4, 0.5) is 16.5 Å². The van der Waals surface area contributed by atoms with Gasteiger partial charge in [-0.05, 0) is 38.9 Å². The average Bonchev–Trinajstić information content (AvgIpc) is 3.08. The summed E-state index contributed by atoms with van der Waals surface area (Å²) in [5.41, 5.74) is 1.07. The number of nitro benzene ring substituents is 1. The van der Waals surface area contributed by atoms with Crippen LogP contribution in [0.2, 0.25) is 5.02 Å². The summed E-state index contributed by atoms with van der Waals surface area (Å²) >= 11 is 7.40. The number of aromatic nitrogens is 1. The number of carbonyl (C=O) groups is 2. The Morgan fingerprint density at radius 1 is 1.34 bits per heavy atom. The van der Waals surface area contributed by atoms with Gasteiger partial charge in [-0.3, -0.25) is 24.6 Å². The highest BCUT2D eigenvalue weighted by Crippen LogP contribution is 2.27. The molecular weight excluding hydrogens is 418 g/mol. The van der Waals surface area contributed by atoms with E-state index in [0.717, 1.165) is 5.69 Å². The number of non-ortho nitro benzene ring substituents is 1. The van der Waals surface area contributed by atoms with E-state index in [-0.39, 0.29) is 35.0 Å². The first kappa shape index (κ1) is 21.2. The van der Waals surface area contributed by atoms with Gasteiger partial charge in [-0.2, -0.15) is 0 Å². The predicted octanol–water partition coefficient (Wildman–Crippen LogP) is 3.30. The fourth-order valence-corrected chi connectivity index (χ4v) is 4.00. The summed E-state index contributed by atoms with van der Waals surface area (Å²) < 4.78 is 0. The highest BCUT2D eigenvalue weighted by molar-refractivity contribution is 7.13. The Balaban J connectivity index is 1.46. The molecule has 2 N–H and O–H groups in total. The van der Waals surface area contributed by atoms with Gasteiger partial charge in [0.25, 0.3) is 5.69 Å². The van der Waals surface area contributed by atoms with Gasteiger partial charge in [-0.25, -0.2) is 4.98 Å². The van der Waals surface area contributed by atoms with Crippen LogP contribution in [0.5, 0.6) is 0 Å². The Hall–Kier alpha value is -2.56. The molecule has 0 atom stereocenters. The van der Waals surface area contributed by atoms with Crippen molar-refractivity contribution in [3.05, 3.63) is 44.4 Å². The largest absolute Gasteiger partial charge is 0.324 e. The van der Waals surface area contributed by atoms with E-state index in [4.69, 9.17) is 11.6 Å². The monoisotopic (exact) mass is 437 g/mol. The molecule has 1 aromatic carbocycles. The van der Waals surface area contributed by atoms with Crippen LogP contribution < -0.4 is 10.6 Å². The van der Waals surface area contributed by atoms with E-state index in [2.05, 4.69) is 15.6 Å². The minimum Gasteiger partial charge on any atom is -0.324 e. The number of aryl methyl sites for hydroxylation is 1. The predicted molar refractivity (Wildman–Crippen MR) is 111 cm³/mol. The van der Waals surface area contributed by atoms with Gasteiger partial charge in [0.1, 0.15) is 0 Å². The van der Waals surface area contributed by atoms with Crippen LogP contribution in [0.15, 0.2) is 23.6 Å². The summed E-state index contributed by atoms with van der Waals surface area (Å²) in [7, 11) is 0. The highest BCUT2D eigenvalue weighted by Gasteiger charge is 2.26. The number of amides is 2. The van der Waals surface area contributed by atoms with Crippen LogP contribution in [0, 0.1) is 23.0 Å². The van der Waals surface area contributed by atoms with Gasteiger partial charge in [0, 0.05) is 23.4 Å². The lowest BCUT2D eigenvalue weighted by atomic mass is 9.96. The van der Waals surface area contributed by atoms with Crippen LogP contribution in [0.1, 0.15) is 18.5 Å². The maximum atomic E-state index is 12.4. The number of hydrogen-bond acceptors (Lipinski definition) is 7. The molecule has 0 bridgehead atoms. The lowest BCUT2D eigenvalue weighted by Crippen LogP contribution is -2.41. The number of hydrogen-bond donors (Lipinski definition) is 2. The van der Waals surface area contributed by atoms with E-state index in [1.165, 1.54) is 29.5 Å². The molecule has 29 heavy (non-hydrogen) atoms. The SMILES string of the molecule is Cc1csc(NC(=O)C2CCN(CC(=O)Nc3ccc([N+](=O)[O-])cc3Cl)CC2)n1. The molecule has 0 saturated carbocycles. The Bertz CT molecular complexity index is 927. The van der Waals surface area contributed by atoms with Crippen molar-refractivity contribution in [3.63, 3.8) is 0 Å². The minimum absolute atomic E-state index is 0.0406. The molecule has 0 radical (unpaired) electrons. The molecule has 2 amide bonds. The lowest BCUT2D eigenvalue weighted by molar-refractivity contribution is -0.384. The molecule has 1 aliphatic rings. The summed E-state index contributed by atoms with van der Waals surface area (Å²) in [6.07, 6.45) is 1.31. The molecule has 0 spiro atoms. The van der Waals surface area contributed by atoms with E-state index in [1.54, 1.807) is 0 Å². The number of anilines is 2. The first-order valence-corrected chi connectivity index (χ1v) is 10.3. The molecule has 1 saturated heterocycles. The molecule has 1 aromatic heterocycles. The number of benzene rings is 1. The Kier molecular flexibility index (Phi) is 6.78. The molecule has 3 rings (SSSR count). The van der Waals surface area contributed by atoms with Crippen LogP contribution in [0.3, 0.4) is 0 Å². The molecule has 0 aliphatic carbocycles. The zero-order valence-corrected chi connectivity index (χ0v) is 17.3. The van der Waals surface area contributed by atoms with Gasteiger partial charge in [-0.1, -0.05) is 11.6 Å². The second kappa shape index (κ2) is 9.29. The average molecular weight is 438 g/mol. The zero-order chi connectivity index (χ0) is 21.0. The smallest absolute Gasteiger partial charge is 0.271 e. The van der Waals surface area contributed by atoms with Crippen molar-refractivity contribution in [1.29, 1.82) is 0 Å². The molecular formula is C18H20ClN5O4S. The third-order valence-corrected chi connectivity index (χ3v) is 5.80. The van der Waals surface area contributed by atoms with E-state index in [9.17, 15) is 19.7 Å². The van der Waals surface area contributed by atoms with Gasteiger partial charge < -0.3 is 10.6 Å². The van der Waals surface area contributed by atoms with Crippen LogP contribution in [0.25, 0.3) is 0 Å². The van der Waals surface area contributed by atoms with Crippen LogP contribution in [-0.2, 0) is 9.59 Å². The number of nitro groups is 1. The Morgan fingerprint density at radius 2 is 2.07 bits per heavy atom. The van der Waals surface area contributed by atoms with E-state index in [0.29, 0.717) is 36.8 Å². The van der Waals surface area contributed by atoms with Gasteiger partial charge in [0.2, 0.25) is 11.8 Å². The number of nitrogens with one attached hydrogen (secondary N) is 2. The van der Waals surface area contributed by atoms with Crippen molar-refractivity contribution in [3.8, 4) is 0 Å². The van der Waals surface area contributed by atoms with Crippen LogP contribution >= 0.6 is 22.9 Å². The molecule has 1 fully saturated rings. The number of rotatable bonds is 6. The first-order chi connectivity index (χ1) is 13.8. The quantitative estimate of drug-likeness (QED) is 0.528. The van der Waals surface area contributed by atoms with E-state index < -0.39 is 4.92 Å². The summed E-state index contributed by atoms with van der Waals surface area (Å²) in [6.45, 7) is 3.28. The molecule has 0 unspecified atom stereocenters. The maximum absolute atomic E-state index is 12.4. The molecule has 154 valence electrons. The Morgan fingerprint density at radius 3 is 2.66 bits per heavy atom. The summed E-state index contributed by atoms with van der Waals surface area (Å²) in [6, 6.07) is 3.90. The molecule has 1 aliphatic heterocycles. The van der Waals surface area contributed by atoms with Gasteiger partial charge in [0.05, 0.1) is 27.9 Å². The number of thiazole rings is 1. The molecule has 9 nitrogen and oxygen atoms in total. The fourth-order valence-electron chi connectivity index (χ4n) is 3.08. The zero-order valence-electron chi connectivity index (χ0n) is 15.7. The number of carbonyl (C=O) groups excluding carboxylic acids is 2. The minimum atomic E-state index is -0.548. The van der Waals surface area contributed by atoms with Crippen molar-refractivity contribution in [2.24, 2.45) is 5.92 Å². The lowest BCUT2D eigenvalue weighted by Gasteiger charge is -2.30. The summed E-state index contributed by atoms with van der Waals surface area (Å²) in [5.74, 6) is -0.411. The van der Waals surface area contributed by atoms with E-state index in [1.807, 2.05) is 17.2 Å². The molecule has 11 heteroatoms. The van der Waals surface area contributed by atoms with Crippen molar-refractivity contribution < 1.29 is 14.5 Å². The number of piperidine rings is 1. The topological polar surface area (TPSA) is 117 Å². The summed E-state index contributed by atoms with van der Waals surface area (Å²) in [4.78, 5) is 41.0. The normalized spacial score (nSPS) is 15.1. The van der Waals surface area contributed by atoms with Gasteiger partial charge in [-0.15, -0.1) is 11.3 Å². The van der Waals surface area contributed by atoms with Crippen molar-refractivity contribution in [2.75, 3.05) is 30.3 Å². The standard InChI is InChI=1S/C18H20ClN5O4S/c1-11-10-29-18(20-11)22-17(26)12-4-6-23(7-5-12)9-16(25)21-15-3-2-13(24(27)28)8-14(15)19/h2-3,8,10,12H,4-7,9H2,1H3,(H,21,25)(H,20,22,26). The van der Waals surface area contributed by atoms with Crippen molar-refractivity contribution in [2.45, 2.75) is 19.8 Å². The second-order valence-corrected chi connectivity index (χ2v) is 8.07. The first-order valence-electron chi connectivity index (χ1n) is 9.01. The molecule has 2 aromatic rings. The van der Waals surface area contributed by atoms with Gasteiger partial charge >= 0.3 is 0 Å². The summed E-state index contributed by atoms with van der Waals surface area (Å²) in [5, 5.41) is 18.9. The highest BCUT2D eigenvalue weighted by atomic mass is 35.5. The fraction of sp³-hybridized carbons (Fsp3) is 0.389. The number of halogens is 1. The van der Waals surface area contributed by atoms with Crippen LogP contribution in [-0.4, -0.2) is 46.3 Å². The van der Waals surface area contributed by atoms with Crippen molar-refractivity contribution in [1.82, 2.24) is 9.88 Å². The number of likely N-dealkylation sites (tertiary alicyclic amines) is 1. The van der Waals surface area contributed by atoms with Gasteiger partial charge in [0.15, 0.2) is 5.13 Å². The molecule has 2 heterocycles. The van der Waals surface area contributed by atoms with Crippen molar-refractivity contribution >= 4 is 51.3 Å². The third-order valence-electron chi connectivity index (χ3n) is 4.61. The number of nitrogens with zero attached hydrogens (tertiary/aromatic N) is 3. The second-order valence-electron chi connectivity index (χ2n) is 6.80. The third kappa shape index (κ3) is 5.72. The maximum Gasteiger partial charge on any atom is 0.271 e. The van der Waals surface area contributed by atoms with E-state index >= 15 is 0 Å².